The predicted octanol–water partition coefficient (Wildman–Crippen LogP) is -2.00. The molecule has 7 nitrogen and oxygen atoms in total. The van der Waals surface area contributed by atoms with Gasteiger partial charge in [0.25, 0.3) is 0 Å². The van der Waals surface area contributed by atoms with Crippen LogP contribution in [0.1, 0.15) is 13.3 Å². The van der Waals surface area contributed by atoms with Gasteiger partial charge in [-0.05, 0) is 0 Å². The Kier molecular flexibility index (Phi) is 4.12. The number of hydrogen-bond acceptors (Lipinski definition) is 5. The Morgan fingerprint density at radius 2 is 1.81 bits per heavy atom. The summed E-state index contributed by atoms with van der Waals surface area (Å²) >= 11 is 0. The summed E-state index contributed by atoms with van der Waals surface area (Å²) in [5, 5.41) is 4.26. The maximum Gasteiger partial charge on any atom is 0.240 e. The highest BCUT2D eigenvalue weighted by molar-refractivity contribution is 6.00. The molecule has 0 spiro atoms. The number of amides is 4. The zero-order valence-electron chi connectivity index (χ0n) is 8.91. The third-order valence-electron chi connectivity index (χ3n) is 1.98. The summed E-state index contributed by atoms with van der Waals surface area (Å²) in [5.41, 5.74) is 0. The van der Waals surface area contributed by atoms with Gasteiger partial charge in [-0.2, -0.15) is 0 Å². The molecule has 0 unspecified atom stereocenters. The molecule has 1 rings (SSSR count). The van der Waals surface area contributed by atoms with Crippen molar-refractivity contribution in [2.75, 3.05) is 19.6 Å². The molecule has 88 valence electrons. The van der Waals surface area contributed by atoms with Gasteiger partial charge in [0, 0.05) is 6.42 Å². The van der Waals surface area contributed by atoms with Crippen LogP contribution in [0.3, 0.4) is 0 Å². The number of carbonyl (C=O) groups excluding carboxylic acids is 4. The van der Waals surface area contributed by atoms with E-state index < -0.39 is 17.7 Å². The van der Waals surface area contributed by atoms with Crippen LogP contribution < -0.4 is 10.6 Å². The molecule has 7 heteroatoms. The van der Waals surface area contributed by atoms with Gasteiger partial charge in [0.15, 0.2) is 0 Å². The molecular weight excluding hydrogens is 214 g/mol. The standard InChI is InChI=1S/C9H13N3O4/c1-2-6(13)10-7(14)3-12-4-8(15)11-9(16)5-12/h2-5H2,1H3,(H,10,13,14)(H,11,15,16). The van der Waals surface area contributed by atoms with Crippen molar-refractivity contribution in [1.29, 1.82) is 0 Å². The Labute approximate surface area is 92.2 Å². The third kappa shape index (κ3) is 3.77. The number of hydrogen-bond donors (Lipinski definition) is 2. The van der Waals surface area contributed by atoms with Crippen molar-refractivity contribution in [1.82, 2.24) is 15.5 Å². The average Bonchev–Trinajstić information content (AvgIpc) is 2.15. The second-order valence-electron chi connectivity index (χ2n) is 3.44. The van der Waals surface area contributed by atoms with Gasteiger partial charge in [-0.25, -0.2) is 0 Å². The molecule has 1 heterocycles. The second kappa shape index (κ2) is 5.36. The van der Waals surface area contributed by atoms with Gasteiger partial charge >= 0.3 is 0 Å². The van der Waals surface area contributed by atoms with Gasteiger partial charge in [0.2, 0.25) is 23.6 Å². The van der Waals surface area contributed by atoms with Crippen molar-refractivity contribution in [2.24, 2.45) is 0 Å². The first-order chi connectivity index (χ1) is 7.51. The van der Waals surface area contributed by atoms with Crippen LogP contribution in [-0.4, -0.2) is 48.2 Å². The van der Waals surface area contributed by atoms with Gasteiger partial charge in [-0.3, -0.25) is 34.7 Å². The fraction of sp³-hybridized carbons (Fsp3) is 0.556. The Morgan fingerprint density at radius 3 is 2.31 bits per heavy atom. The summed E-state index contributed by atoms with van der Waals surface area (Å²) in [7, 11) is 0. The first-order valence-electron chi connectivity index (χ1n) is 4.89. The summed E-state index contributed by atoms with van der Waals surface area (Å²) in [6, 6.07) is 0. The number of imide groups is 2. The molecule has 2 N–H and O–H groups in total. The van der Waals surface area contributed by atoms with E-state index in [0.29, 0.717) is 0 Å². The molecule has 0 aliphatic carbocycles. The summed E-state index contributed by atoms with van der Waals surface area (Å²) in [5.74, 6) is -1.76. The second-order valence-corrected chi connectivity index (χ2v) is 3.44. The van der Waals surface area contributed by atoms with Crippen molar-refractivity contribution in [2.45, 2.75) is 13.3 Å². The van der Waals surface area contributed by atoms with Crippen LogP contribution in [0.25, 0.3) is 0 Å². The molecule has 0 aromatic carbocycles. The topological polar surface area (TPSA) is 95.6 Å². The van der Waals surface area contributed by atoms with Crippen LogP contribution in [0, 0.1) is 0 Å². The van der Waals surface area contributed by atoms with Crippen LogP contribution in [0.4, 0.5) is 0 Å². The van der Waals surface area contributed by atoms with Crippen molar-refractivity contribution < 1.29 is 19.2 Å². The Bertz CT molecular complexity index is 324. The minimum absolute atomic E-state index is 0.0144. The Balaban J connectivity index is 2.41. The number of rotatable bonds is 3. The quantitative estimate of drug-likeness (QED) is 0.543. The molecule has 0 aromatic heterocycles. The normalized spacial score (nSPS) is 16.8. The van der Waals surface area contributed by atoms with E-state index in [0.717, 1.165) is 0 Å². The predicted molar refractivity (Wildman–Crippen MR) is 53.0 cm³/mol. The summed E-state index contributed by atoms with van der Waals surface area (Å²) in [6.07, 6.45) is 0.213. The molecule has 0 aromatic rings. The molecule has 1 aliphatic heterocycles. The molecule has 1 aliphatic rings. The highest BCUT2D eigenvalue weighted by Crippen LogP contribution is 1.93. The Hall–Kier alpha value is -1.76. The summed E-state index contributed by atoms with van der Waals surface area (Å²) in [4.78, 5) is 45.5. The smallest absolute Gasteiger partial charge is 0.240 e. The lowest BCUT2D eigenvalue weighted by Crippen LogP contribution is -2.54. The van der Waals surface area contributed by atoms with E-state index in [9.17, 15) is 19.2 Å². The Morgan fingerprint density at radius 1 is 1.25 bits per heavy atom. The van der Waals surface area contributed by atoms with E-state index in [1.807, 2.05) is 0 Å². The van der Waals surface area contributed by atoms with Crippen molar-refractivity contribution >= 4 is 23.6 Å². The minimum atomic E-state index is -0.505. The number of carbonyl (C=O) groups is 4. The zero-order valence-corrected chi connectivity index (χ0v) is 8.91. The van der Waals surface area contributed by atoms with Crippen molar-refractivity contribution in [3.63, 3.8) is 0 Å². The van der Waals surface area contributed by atoms with Crippen LogP contribution in [0.5, 0.6) is 0 Å². The molecule has 16 heavy (non-hydrogen) atoms. The minimum Gasteiger partial charge on any atom is -0.295 e. The van der Waals surface area contributed by atoms with E-state index in [4.69, 9.17) is 0 Å². The van der Waals surface area contributed by atoms with E-state index in [1.54, 1.807) is 6.92 Å². The van der Waals surface area contributed by atoms with Crippen LogP contribution in [-0.2, 0) is 19.2 Å². The third-order valence-corrected chi connectivity index (χ3v) is 1.98. The fourth-order valence-corrected chi connectivity index (χ4v) is 1.29. The summed E-state index contributed by atoms with van der Waals surface area (Å²) in [6.45, 7) is 1.46. The lowest BCUT2D eigenvalue weighted by molar-refractivity contribution is -0.137. The number of piperazine rings is 1. The fourth-order valence-electron chi connectivity index (χ4n) is 1.29. The SMILES string of the molecule is CCC(=O)NC(=O)CN1CC(=O)NC(=O)C1. The molecule has 1 saturated heterocycles. The van der Waals surface area contributed by atoms with Gasteiger partial charge in [-0.15, -0.1) is 0 Å². The number of nitrogens with one attached hydrogen (secondary N) is 2. The maximum absolute atomic E-state index is 11.3. The first-order valence-corrected chi connectivity index (χ1v) is 4.89. The van der Waals surface area contributed by atoms with Gasteiger partial charge in [0.05, 0.1) is 19.6 Å². The van der Waals surface area contributed by atoms with Crippen molar-refractivity contribution in [3.8, 4) is 0 Å². The van der Waals surface area contributed by atoms with E-state index in [2.05, 4.69) is 10.6 Å². The molecule has 0 saturated carbocycles. The molecule has 0 bridgehead atoms. The maximum atomic E-state index is 11.3. The lowest BCUT2D eigenvalue weighted by Gasteiger charge is -2.24. The van der Waals surface area contributed by atoms with E-state index in [-0.39, 0.29) is 32.0 Å². The lowest BCUT2D eigenvalue weighted by atomic mass is 10.3. The molecule has 4 amide bonds. The van der Waals surface area contributed by atoms with Crippen LogP contribution in [0.15, 0.2) is 0 Å². The van der Waals surface area contributed by atoms with Crippen molar-refractivity contribution in [3.05, 3.63) is 0 Å². The van der Waals surface area contributed by atoms with Gasteiger partial charge in [-0.1, -0.05) is 6.92 Å². The molecule has 1 fully saturated rings. The highest BCUT2D eigenvalue weighted by Gasteiger charge is 2.24. The van der Waals surface area contributed by atoms with Gasteiger partial charge in [0.1, 0.15) is 0 Å². The van der Waals surface area contributed by atoms with E-state index in [1.165, 1.54) is 4.90 Å². The molecular formula is C9H13N3O4. The van der Waals surface area contributed by atoms with E-state index >= 15 is 0 Å². The van der Waals surface area contributed by atoms with Gasteiger partial charge < -0.3 is 0 Å². The average molecular weight is 227 g/mol. The molecule has 0 radical (unpaired) electrons. The summed E-state index contributed by atoms with van der Waals surface area (Å²) < 4.78 is 0. The van der Waals surface area contributed by atoms with Crippen LogP contribution >= 0.6 is 0 Å². The van der Waals surface area contributed by atoms with Crippen LogP contribution in [0.2, 0.25) is 0 Å². The largest absolute Gasteiger partial charge is 0.295 e. The first kappa shape index (κ1) is 12.3. The number of nitrogens with zero attached hydrogens (tertiary/aromatic N) is 1. The zero-order chi connectivity index (χ0) is 12.1. The monoisotopic (exact) mass is 227 g/mol. The molecule has 0 atom stereocenters. The highest BCUT2D eigenvalue weighted by atomic mass is 16.2.